The summed E-state index contributed by atoms with van der Waals surface area (Å²) in [6, 6.07) is 18.0. The third-order valence-electron chi connectivity index (χ3n) is 4.07. The minimum atomic E-state index is 0.306. The van der Waals surface area contributed by atoms with Crippen LogP contribution in [0.3, 0.4) is 0 Å². The van der Waals surface area contributed by atoms with Crippen LogP contribution in [0.4, 0.5) is 0 Å². The summed E-state index contributed by atoms with van der Waals surface area (Å²) in [5, 5.41) is 0. The molecule has 0 aliphatic carbocycles. The average molecular weight is 322 g/mol. The zero-order valence-corrected chi connectivity index (χ0v) is 14.5. The molecule has 1 heterocycles. The molecule has 3 heteroatoms. The lowest BCUT2D eigenvalue weighted by Gasteiger charge is -2.17. The van der Waals surface area contributed by atoms with Crippen molar-refractivity contribution in [3.05, 3.63) is 60.2 Å². The van der Waals surface area contributed by atoms with Crippen LogP contribution in [0.1, 0.15) is 25.3 Å². The van der Waals surface area contributed by atoms with Crippen LogP contribution in [-0.2, 0) is 0 Å². The second-order valence-corrected chi connectivity index (χ2v) is 5.98. The van der Waals surface area contributed by atoms with E-state index in [-0.39, 0.29) is 0 Å². The Morgan fingerprint density at radius 3 is 1.79 bits per heavy atom. The van der Waals surface area contributed by atoms with Crippen LogP contribution in [0, 0.1) is 0 Å². The highest BCUT2D eigenvalue weighted by atomic mass is 16.5. The molecule has 0 aliphatic rings. The first kappa shape index (κ1) is 16.2. The monoisotopic (exact) mass is 322 g/mol. The van der Waals surface area contributed by atoms with Gasteiger partial charge in [-0.2, -0.15) is 0 Å². The van der Waals surface area contributed by atoms with Crippen LogP contribution in [0.25, 0.3) is 22.6 Å². The minimum Gasteiger partial charge on any atom is -0.496 e. The molecule has 3 rings (SSSR count). The molecule has 0 spiro atoms. The lowest BCUT2D eigenvalue weighted by molar-refractivity contribution is 0.382. The van der Waals surface area contributed by atoms with E-state index >= 15 is 0 Å². The highest BCUT2D eigenvalue weighted by Gasteiger charge is 2.17. The van der Waals surface area contributed by atoms with E-state index in [0.717, 1.165) is 39.7 Å². The predicted molar refractivity (Wildman–Crippen MR) is 96.8 cm³/mol. The normalized spacial score (nSPS) is 10.9. The standard InChI is InChI=1S/C21H22O3/c1-14(2)21-19(22-3)12-16(13-20(21)23-4)18-11-10-17(24-18)15-8-6-5-7-9-15/h5-14H,1-4H3. The zero-order chi connectivity index (χ0) is 17.1. The van der Waals surface area contributed by atoms with Gasteiger partial charge in [-0.05, 0) is 30.2 Å². The van der Waals surface area contributed by atoms with E-state index in [1.54, 1.807) is 14.2 Å². The van der Waals surface area contributed by atoms with Crippen LogP contribution >= 0.6 is 0 Å². The fourth-order valence-electron chi connectivity index (χ4n) is 2.90. The van der Waals surface area contributed by atoms with E-state index in [1.165, 1.54) is 0 Å². The Morgan fingerprint density at radius 2 is 1.29 bits per heavy atom. The van der Waals surface area contributed by atoms with Crippen LogP contribution in [-0.4, -0.2) is 14.2 Å². The van der Waals surface area contributed by atoms with Crippen molar-refractivity contribution in [1.82, 2.24) is 0 Å². The number of methoxy groups -OCH3 is 2. The van der Waals surface area contributed by atoms with Gasteiger partial charge in [0.05, 0.1) is 14.2 Å². The molecule has 3 aromatic rings. The van der Waals surface area contributed by atoms with Gasteiger partial charge in [0.15, 0.2) is 0 Å². The largest absolute Gasteiger partial charge is 0.496 e. The van der Waals surface area contributed by atoms with E-state index in [9.17, 15) is 0 Å². The Bertz CT molecular complexity index is 791. The van der Waals surface area contributed by atoms with E-state index in [4.69, 9.17) is 13.9 Å². The molecule has 0 saturated carbocycles. The van der Waals surface area contributed by atoms with E-state index in [2.05, 4.69) is 13.8 Å². The van der Waals surface area contributed by atoms with Crippen molar-refractivity contribution < 1.29 is 13.9 Å². The van der Waals surface area contributed by atoms with Gasteiger partial charge in [0.25, 0.3) is 0 Å². The van der Waals surface area contributed by atoms with Gasteiger partial charge in [-0.3, -0.25) is 0 Å². The lowest BCUT2D eigenvalue weighted by Crippen LogP contribution is -1.99. The molecule has 24 heavy (non-hydrogen) atoms. The van der Waals surface area contributed by atoms with Gasteiger partial charge in [-0.15, -0.1) is 0 Å². The smallest absolute Gasteiger partial charge is 0.135 e. The second kappa shape index (κ2) is 6.83. The van der Waals surface area contributed by atoms with E-state index < -0.39 is 0 Å². The molecular weight excluding hydrogens is 300 g/mol. The maximum Gasteiger partial charge on any atom is 0.135 e. The lowest BCUT2D eigenvalue weighted by atomic mass is 9.98. The van der Waals surface area contributed by atoms with Gasteiger partial charge < -0.3 is 13.9 Å². The Morgan fingerprint density at radius 1 is 0.750 bits per heavy atom. The number of hydrogen-bond acceptors (Lipinski definition) is 3. The predicted octanol–water partition coefficient (Wildman–Crippen LogP) is 5.75. The summed E-state index contributed by atoms with van der Waals surface area (Å²) in [6.07, 6.45) is 0. The van der Waals surface area contributed by atoms with Gasteiger partial charge >= 0.3 is 0 Å². The zero-order valence-electron chi connectivity index (χ0n) is 14.5. The SMILES string of the molecule is COc1cc(-c2ccc(-c3ccccc3)o2)cc(OC)c1C(C)C. The fraction of sp³-hybridized carbons (Fsp3) is 0.238. The van der Waals surface area contributed by atoms with Crippen LogP contribution in [0.5, 0.6) is 11.5 Å². The number of benzene rings is 2. The summed E-state index contributed by atoms with van der Waals surface area (Å²) in [6.45, 7) is 4.25. The number of ether oxygens (including phenoxy) is 2. The van der Waals surface area contributed by atoms with Crippen molar-refractivity contribution in [3.8, 4) is 34.1 Å². The molecule has 0 unspecified atom stereocenters. The third kappa shape index (κ3) is 3.02. The van der Waals surface area contributed by atoms with E-state index in [0.29, 0.717) is 5.92 Å². The van der Waals surface area contributed by atoms with Gasteiger partial charge in [0, 0.05) is 16.7 Å². The molecule has 0 N–H and O–H groups in total. The summed E-state index contributed by atoms with van der Waals surface area (Å²) in [5.41, 5.74) is 3.07. The quantitative estimate of drug-likeness (QED) is 0.599. The molecule has 3 nitrogen and oxygen atoms in total. The van der Waals surface area contributed by atoms with Gasteiger partial charge in [0.1, 0.15) is 23.0 Å². The van der Waals surface area contributed by atoms with Crippen molar-refractivity contribution in [1.29, 1.82) is 0 Å². The summed E-state index contributed by atoms with van der Waals surface area (Å²) >= 11 is 0. The van der Waals surface area contributed by atoms with Gasteiger partial charge in [-0.1, -0.05) is 44.2 Å². The van der Waals surface area contributed by atoms with Crippen LogP contribution < -0.4 is 9.47 Å². The summed E-state index contributed by atoms with van der Waals surface area (Å²) in [5.74, 6) is 3.58. The maximum absolute atomic E-state index is 6.04. The second-order valence-electron chi connectivity index (χ2n) is 5.98. The van der Waals surface area contributed by atoms with Gasteiger partial charge in [-0.25, -0.2) is 0 Å². The first-order chi connectivity index (χ1) is 11.6. The highest BCUT2D eigenvalue weighted by Crippen LogP contribution is 2.40. The van der Waals surface area contributed by atoms with Gasteiger partial charge in [0.2, 0.25) is 0 Å². The van der Waals surface area contributed by atoms with Crippen LogP contribution in [0.15, 0.2) is 59.0 Å². The average Bonchev–Trinajstić information content (AvgIpc) is 3.11. The summed E-state index contributed by atoms with van der Waals surface area (Å²) in [7, 11) is 3.37. The number of rotatable bonds is 5. The molecule has 0 aliphatic heterocycles. The molecule has 124 valence electrons. The molecule has 0 atom stereocenters. The number of hydrogen-bond donors (Lipinski definition) is 0. The molecule has 0 fully saturated rings. The Hall–Kier alpha value is -2.68. The maximum atomic E-state index is 6.04. The molecule has 0 radical (unpaired) electrons. The topological polar surface area (TPSA) is 31.6 Å². The molecule has 1 aromatic heterocycles. The van der Waals surface area contributed by atoms with Crippen molar-refractivity contribution in [2.45, 2.75) is 19.8 Å². The molecule has 0 amide bonds. The third-order valence-corrected chi connectivity index (χ3v) is 4.07. The Balaban J connectivity index is 2.06. The molecular formula is C21H22O3. The summed E-state index contributed by atoms with van der Waals surface area (Å²) in [4.78, 5) is 0. The van der Waals surface area contributed by atoms with Crippen molar-refractivity contribution in [2.75, 3.05) is 14.2 Å². The van der Waals surface area contributed by atoms with Crippen molar-refractivity contribution in [3.63, 3.8) is 0 Å². The van der Waals surface area contributed by atoms with Crippen LogP contribution in [0.2, 0.25) is 0 Å². The first-order valence-electron chi connectivity index (χ1n) is 8.05. The fourth-order valence-corrected chi connectivity index (χ4v) is 2.90. The minimum absolute atomic E-state index is 0.306. The first-order valence-corrected chi connectivity index (χ1v) is 8.05. The van der Waals surface area contributed by atoms with Crippen molar-refractivity contribution >= 4 is 0 Å². The van der Waals surface area contributed by atoms with Crippen molar-refractivity contribution in [2.24, 2.45) is 0 Å². The van der Waals surface area contributed by atoms with E-state index in [1.807, 2.05) is 54.6 Å². The Labute approximate surface area is 142 Å². The number of furan rings is 1. The Kier molecular flexibility index (Phi) is 4.61. The molecule has 0 bridgehead atoms. The summed E-state index contributed by atoms with van der Waals surface area (Å²) < 4.78 is 17.2. The highest BCUT2D eigenvalue weighted by molar-refractivity contribution is 5.69. The molecule has 2 aromatic carbocycles. The molecule has 0 saturated heterocycles.